The van der Waals surface area contributed by atoms with Crippen LogP contribution in [-0.2, 0) is 9.31 Å². The van der Waals surface area contributed by atoms with E-state index in [0.29, 0.717) is 6.04 Å². The third-order valence-electron chi connectivity index (χ3n) is 3.36. The van der Waals surface area contributed by atoms with Gasteiger partial charge in [-0.25, -0.2) is 0 Å². The number of hydrogen-bond acceptors (Lipinski definition) is 3. The number of piperidine rings is 1. The number of rotatable bonds is 4. The lowest BCUT2D eigenvalue weighted by atomic mass is 9.73. The molecule has 3 nitrogen and oxygen atoms in total. The molecule has 1 aliphatic heterocycles. The first kappa shape index (κ1) is 12.6. The molecule has 0 aromatic heterocycles. The largest absolute Gasteiger partial charge is 0.493 e. The van der Waals surface area contributed by atoms with Crippen molar-refractivity contribution in [3.63, 3.8) is 0 Å². The minimum atomic E-state index is -0.269. The molecule has 1 aliphatic rings. The Morgan fingerprint density at radius 2 is 1.94 bits per heavy atom. The molecule has 1 aromatic rings. The van der Waals surface area contributed by atoms with Crippen molar-refractivity contribution in [2.24, 2.45) is 0 Å². The Labute approximate surface area is 104 Å². The van der Waals surface area contributed by atoms with Crippen molar-refractivity contribution < 1.29 is 9.31 Å². The van der Waals surface area contributed by atoms with E-state index >= 15 is 0 Å². The van der Waals surface area contributed by atoms with Crippen LogP contribution in [0.1, 0.15) is 30.9 Å². The summed E-state index contributed by atoms with van der Waals surface area (Å²) in [6.07, 6.45) is 3.75. The molecule has 1 atom stereocenters. The fourth-order valence-electron chi connectivity index (χ4n) is 2.51. The fraction of sp³-hybridized carbons (Fsp3) is 0.538. The Hall–Kier alpha value is -0.835. The van der Waals surface area contributed by atoms with Crippen molar-refractivity contribution in [3.05, 3.63) is 29.8 Å². The van der Waals surface area contributed by atoms with Crippen molar-refractivity contribution in [2.45, 2.75) is 25.3 Å². The van der Waals surface area contributed by atoms with Gasteiger partial charge in [0.25, 0.3) is 0 Å². The number of benzene rings is 1. The zero-order valence-electron chi connectivity index (χ0n) is 10.6. The van der Waals surface area contributed by atoms with E-state index in [1.54, 1.807) is 14.2 Å². The average molecular weight is 233 g/mol. The second-order valence-electron chi connectivity index (χ2n) is 4.43. The lowest BCUT2D eigenvalue weighted by Crippen LogP contribution is -2.40. The third-order valence-corrected chi connectivity index (χ3v) is 3.36. The zero-order valence-corrected chi connectivity index (χ0v) is 10.6. The SMILES string of the molecule is COB(OC)c1ccccc1C1CCCCN1. The summed E-state index contributed by atoms with van der Waals surface area (Å²) < 4.78 is 10.7. The summed E-state index contributed by atoms with van der Waals surface area (Å²) in [5.41, 5.74) is 2.44. The highest BCUT2D eigenvalue weighted by molar-refractivity contribution is 6.61. The molecule has 0 bridgehead atoms. The smallest absolute Gasteiger partial charge is 0.410 e. The molecule has 1 heterocycles. The summed E-state index contributed by atoms with van der Waals surface area (Å²) in [5.74, 6) is 0. The van der Waals surface area contributed by atoms with Crippen molar-refractivity contribution >= 4 is 12.6 Å². The molecular weight excluding hydrogens is 213 g/mol. The van der Waals surface area contributed by atoms with Crippen LogP contribution in [-0.4, -0.2) is 27.9 Å². The Morgan fingerprint density at radius 1 is 1.18 bits per heavy atom. The van der Waals surface area contributed by atoms with Crippen LogP contribution >= 0.6 is 0 Å². The van der Waals surface area contributed by atoms with Crippen molar-refractivity contribution in [1.82, 2.24) is 5.32 Å². The molecular formula is C13H20BNO2. The maximum atomic E-state index is 5.37. The quantitative estimate of drug-likeness (QED) is 0.799. The molecule has 1 N–H and O–H groups in total. The van der Waals surface area contributed by atoms with E-state index in [2.05, 4.69) is 23.5 Å². The van der Waals surface area contributed by atoms with Gasteiger partial charge in [-0.1, -0.05) is 30.7 Å². The molecule has 0 amide bonds. The fourth-order valence-corrected chi connectivity index (χ4v) is 2.51. The second kappa shape index (κ2) is 6.19. The van der Waals surface area contributed by atoms with E-state index in [9.17, 15) is 0 Å². The first-order valence-corrected chi connectivity index (χ1v) is 6.24. The zero-order chi connectivity index (χ0) is 12.1. The van der Waals surface area contributed by atoms with Gasteiger partial charge in [-0.05, 0) is 30.4 Å². The average Bonchev–Trinajstić information content (AvgIpc) is 2.42. The van der Waals surface area contributed by atoms with Crippen LogP contribution in [0.3, 0.4) is 0 Å². The van der Waals surface area contributed by atoms with Gasteiger partial charge >= 0.3 is 7.12 Å². The topological polar surface area (TPSA) is 30.5 Å². The normalized spacial score (nSPS) is 20.2. The molecule has 92 valence electrons. The molecule has 17 heavy (non-hydrogen) atoms. The van der Waals surface area contributed by atoms with E-state index in [1.165, 1.54) is 24.8 Å². The Balaban J connectivity index is 2.25. The molecule has 1 aromatic carbocycles. The molecule has 0 spiro atoms. The highest BCUT2D eigenvalue weighted by atomic mass is 16.6. The van der Waals surface area contributed by atoms with Crippen LogP contribution in [0.4, 0.5) is 0 Å². The van der Waals surface area contributed by atoms with Crippen LogP contribution in [0, 0.1) is 0 Å². The Morgan fingerprint density at radius 3 is 2.59 bits per heavy atom. The highest BCUT2D eigenvalue weighted by Crippen LogP contribution is 2.21. The minimum Gasteiger partial charge on any atom is -0.410 e. The summed E-state index contributed by atoms with van der Waals surface area (Å²) in [6, 6.07) is 8.81. The van der Waals surface area contributed by atoms with Gasteiger partial charge in [0.05, 0.1) is 0 Å². The molecule has 1 unspecified atom stereocenters. The van der Waals surface area contributed by atoms with E-state index in [4.69, 9.17) is 9.31 Å². The van der Waals surface area contributed by atoms with Gasteiger partial charge in [0.2, 0.25) is 0 Å². The molecule has 4 heteroatoms. The molecule has 0 saturated carbocycles. The van der Waals surface area contributed by atoms with Crippen molar-refractivity contribution in [1.29, 1.82) is 0 Å². The summed E-state index contributed by atoms with van der Waals surface area (Å²) in [6.45, 7) is 1.10. The monoisotopic (exact) mass is 233 g/mol. The summed E-state index contributed by atoms with van der Waals surface area (Å²) in [5, 5.41) is 3.57. The lowest BCUT2D eigenvalue weighted by Gasteiger charge is -2.26. The van der Waals surface area contributed by atoms with Gasteiger partial charge in [-0.2, -0.15) is 0 Å². The standard InChI is InChI=1S/C13H20BNO2/c1-16-14(17-2)12-8-4-3-7-11(12)13-9-5-6-10-15-13/h3-4,7-8,13,15H,5-6,9-10H2,1-2H3. The number of hydrogen-bond donors (Lipinski definition) is 1. The Kier molecular flexibility index (Phi) is 4.60. The third kappa shape index (κ3) is 2.89. The maximum absolute atomic E-state index is 5.37. The van der Waals surface area contributed by atoms with E-state index in [-0.39, 0.29) is 7.12 Å². The van der Waals surface area contributed by atoms with Crippen LogP contribution in [0.2, 0.25) is 0 Å². The van der Waals surface area contributed by atoms with E-state index < -0.39 is 0 Å². The van der Waals surface area contributed by atoms with E-state index in [0.717, 1.165) is 12.0 Å². The van der Waals surface area contributed by atoms with Gasteiger partial charge < -0.3 is 14.6 Å². The second-order valence-corrected chi connectivity index (χ2v) is 4.43. The summed E-state index contributed by atoms with van der Waals surface area (Å²) >= 11 is 0. The maximum Gasteiger partial charge on any atom is 0.493 e. The molecule has 1 fully saturated rings. The van der Waals surface area contributed by atoms with Gasteiger partial charge in [0, 0.05) is 20.3 Å². The van der Waals surface area contributed by atoms with Gasteiger partial charge in [0.15, 0.2) is 0 Å². The lowest BCUT2D eigenvalue weighted by molar-refractivity contribution is 0.291. The number of nitrogens with one attached hydrogen (secondary N) is 1. The predicted molar refractivity (Wildman–Crippen MR) is 70.4 cm³/mol. The van der Waals surface area contributed by atoms with Crippen LogP contribution in [0.25, 0.3) is 0 Å². The van der Waals surface area contributed by atoms with Gasteiger partial charge in [0.1, 0.15) is 0 Å². The van der Waals surface area contributed by atoms with Gasteiger partial charge in [-0.3, -0.25) is 0 Å². The van der Waals surface area contributed by atoms with Crippen molar-refractivity contribution in [2.75, 3.05) is 20.8 Å². The summed E-state index contributed by atoms with van der Waals surface area (Å²) in [7, 11) is 3.09. The Bertz CT molecular complexity index is 349. The van der Waals surface area contributed by atoms with Crippen LogP contribution in [0.5, 0.6) is 0 Å². The summed E-state index contributed by atoms with van der Waals surface area (Å²) in [4.78, 5) is 0. The van der Waals surface area contributed by atoms with Crippen LogP contribution in [0.15, 0.2) is 24.3 Å². The first-order chi connectivity index (χ1) is 8.36. The molecule has 1 saturated heterocycles. The molecule has 0 radical (unpaired) electrons. The van der Waals surface area contributed by atoms with Gasteiger partial charge in [-0.15, -0.1) is 0 Å². The predicted octanol–water partition coefficient (Wildman–Crippen LogP) is 1.49. The van der Waals surface area contributed by atoms with E-state index in [1.807, 2.05) is 6.07 Å². The molecule has 0 aliphatic carbocycles. The molecule has 2 rings (SSSR count). The van der Waals surface area contributed by atoms with Crippen molar-refractivity contribution in [3.8, 4) is 0 Å². The van der Waals surface area contributed by atoms with Crippen LogP contribution < -0.4 is 10.8 Å². The first-order valence-electron chi connectivity index (χ1n) is 6.24. The highest BCUT2D eigenvalue weighted by Gasteiger charge is 2.25. The minimum absolute atomic E-state index is 0.269.